The maximum Gasteiger partial charge on any atom is 0.573 e. The minimum Gasteiger partial charge on any atom is -0.406 e. The van der Waals surface area contributed by atoms with Crippen LogP contribution in [0.25, 0.3) is 0 Å². The van der Waals surface area contributed by atoms with Crippen LogP contribution in [0.5, 0.6) is 5.75 Å². The molecule has 27 heavy (non-hydrogen) atoms. The smallest absolute Gasteiger partial charge is 0.406 e. The van der Waals surface area contributed by atoms with Crippen molar-refractivity contribution in [1.29, 1.82) is 0 Å². The number of hydrogen-bond donors (Lipinski definition) is 0. The molecule has 2 aromatic carbocycles. The van der Waals surface area contributed by atoms with Crippen LogP contribution in [-0.2, 0) is 6.54 Å². The van der Waals surface area contributed by atoms with E-state index in [2.05, 4.69) is 9.64 Å². The Bertz CT molecular complexity index is 783. The molecule has 0 aromatic heterocycles. The minimum atomic E-state index is -4.68. The molecule has 0 radical (unpaired) electrons. The molecule has 0 unspecified atom stereocenters. The third-order valence-corrected chi connectivity index (χ3v) is 4.60. The van der Waals surface area contributed by atoms with Crippen molar-refractivity contribution in [1.82, 2.24) is 9.80 Å². The summed E-state index contributed by atoms with van der Waals surface area (Å²) in [4.78, 5) is 16.7. The summed E-state index contributed by atoms with van der Waals surface area (Å²) >= 11 is 0. The van der Waals surface area contributed by atoms with Gasteiger partial charge in [0.1, 0.15) is 5.75 Å². The van der Waals surface area contributed by atoms with Gasteiger partial charge in [-0.1, -0.05) is 30.3 Å². The van der Waals surface area contributed by atoms with Crippen LogP contribution in [0.1, 0.15) is 21.5 Å². The number of amides is 1. The predicted molar refractivity (Wildman–Crippen MR) is 95.5 cm³/mol. The summed E-state index contributed by atoms with van der Waals surface area (Å²) in [5, 5.41) is 0. The highest BCUT2D eigenvalue weighted by atomic mass is 19.4. The normalized spacial score (nSPS) is 15.6. The summed E-state index contributed by atoms with van der Waals surface area (Å²) in [6, 6.07) is 13.4. The summed E-state index contributed by atoms with van der Waals surface area (Å²) in [6.45, 7) is 5.25. The van der Waals surface area contributed by atoms with Crippen molar-refractivity contribution in [3.8, 4) is 5.75 Å². The molecule has 1 saturated heterocycles. The second-order valence-corrected chi connectivity index (χ2v) is 6.58. The summed E-state index contributed by atoms with van der Waals surface area (Å²) in [5.74, 6) is -0.179. The van der Waals surface area contributed by atoms with E-state index in [0.29, 0.717) is 19.6 Å². The van der Waals surface area contributed by atoms with Crippen LogP contribution in [0.3, 0.4) is 0 Å². The van der Waals surface area contributed by atoms with Gasteiger partial charge < -0.3 is 9.64 Å². The zero-order valence-electron chi connectivity index (χ0n) is 15.0. The Balaban J connectivity index is 1.52. The summed E-state index contributed by atoms with van der Waals surface area (Å²) in [5.41, 5.74) is 2.60. The first-order chi connectivity index (χ1) is 12.8. The van der Waals surface area contributed by atoms with Gasteiger partial charge in [0.15, 0.2) is 0 Å². The molecule has 0 spiro atoms. The second-order valence-electron chi connectivity index (χ2n) is 6.58. The van der Waals surface area contributed by atoms with Gasteiger partial charge in [-0.05, 0) is 36.2 Å². The van der Waals surface area contributed by atoms with Gasteiger partial charge in [0.25, 0.3) is 5.91 Å². The third-order valence-electron chi connectivity index (χ3n) is 4.60. The Labute approximate surface area is 156 Å². The predicted octanol–water partition coefficient (Wildman–Crippen LogP) is 3.85. The van der Waals surface area contributed by atoms with E-state index >= 15 is 0 Å². The van der Waals surface area contributed by atoms with Crippen molar-refractivity contribution in [2.75, 3.05) is 26.2 Å². The number of aryl methyl sites for hydroxylation is 1. The van der Waals surface area contributed by atoms with E-state index in [9.17, 15) is 18.0 Å². The van der Waals surface area contributed by atoms with Crippen LogP contribution in [0.2, 0.25) is 0 Å². The number of carbonyl (C=O) groups excluding carboxylic acids is 1. The van der Waals surface area contributed by atoms with Crippen LogP contribution in [0, 0.1) is 6.92 Å². The molecule has 1 heterocycles. The Morgan fingerprint density at radius 2 is 1.63 bits per heavy atom. The Morgan fingerprint density at radius 1 is 1.00 bits per heavy atom. The van der Waals surface area contributed by atoms with Gasteiger partial charge in [-0.3, -0.25) is 9.69 Å². The largest absolute Gasteiger partial charge is 0.573 e. The van der Waals surface area contributed by atoms with E-state index in [-0.39, 0.29) is 11.7 Å². The number of carbonyl (C=O) groups is 1. The summed E-state index contributed by atoms with van der Waals surface area (Å²) in [7, 11) is 0. The third kappa shape index (κ3) is 5.23. The maximum atomic E-state index is 12.6. The minimum absolute atomic E-state index is 0.0430. The topological polar surface area (TPSA) is 32.8 Å². The van der Waals surface area contributed by atoms with E-state index in [0.717, 1.165) is 29.8 Å². The molecular formula is C20H21F3N2O2. The van der Waals surface area contributed by atoms with Gasteiger partial charge in [0, 0.05) is 38.3 Å². The summed E-state index contributed by atoms with van der Waals surface area (Å²) < 4.78 is 40.5. The lowest BCUT2D eigenvalue weighted by molar-refractivity contribution is -0.274. The van der Waals surface area contributed by atoms with Crippen molar-refractivity contribution in [2.24, 2.45) is 0 Å². The molecule has 2 aromatic rings. The lowest BCUT2D eigenvalue weighted by Gasteiger charge is -2.35. The molecule has 0 bridgehead atoms. The molecule has 4 nitrogen and oxygen atoms in total. The number of nitrogens with zero attached hydrogens (tertiary/aromatic N) is 2. The van der Waals surface area contributed by atoms with Crippen molar-refractivity contribution in [2.45, 2.75) is 19.8 Å². The molecule has 0 N–H and O–H groups in total. The van der Waals surface area contributed by atoms with E-state index < -0.39 is 6.36 Å². The monoisotopic (exact) mass is 378 g/mol. The highest BCUT2D eigenvalue weighted by molar-refractivity contribution is 5.95. The first kappa shape index (κ1) is 19.2. The van der Waals surface area contributed by atoms with Gasteiger partial charge in [-0.25, -0.2) is 0 Å². The lowest BCUT2D eigenvalue weighted by Crippen LogP contribution is -2.48. The highest BCUT2D eigenvalue weighted by Crippen LogP contribution is 2.23. The molecule has 1 aliphatic heterocycles. The van der Waals surface area contributed by atoms with E-state index in [1.807, 2.05) is 36.1 Å². The molecule has 144 valence electrons. The molecular weight excluding hydrogens is 357 g/mol. The average Bonchev–Trinajstić information content (AvgIpc) is 2.63. The van der Waals surface area contributed by atoms with E-state index in [4.69, 9.17) is 0 Å². The fourth-order valence-corrected chi connectivity index (χ4v) is 3.15. The Hall–Kier alpha value is -2.54. The molecule has 1 aliphatic rings. The first-order valence-corrected chi connectivity index (χ1v) is 8.74. The van der Waals surface area contributed by atoms with Gasteiger partial charge in [0.05, 0.1) is 0 Å². The van der Waals surface area contributed by atoms with Gasteiger partial charge in [0.2, 0.25) is 0 Å². The Kier molecular flexibility index (Phi) is 5.70. The van der Waals surface area contributed by atoms with Gasteiger partial charge in [-0.15, -0.1) is 13.2 Å². The number of rotatable bonds is 4. The fourth-order valence-electron chi connectivity index (χ4n) is 3.15. The first-order valence-electron chi connectivity index (χ1n) is 8.74. The quantitative estimate of drug-likeness (QED) is 0.810. The molecule has 1 amide bonds. The van der Waals surface area contributed by atoms with Crippen LogP contribution in [0.4, 0.5) is 13.2 Å². The van der Waals surface area contributed by atoms with Gasteiger partial charge >= 0.3 is 6.36 Å². The number of benzene rings is 2. The number of alkyl halides is 3. The van der Waals surface area contributed by atoms with Crippen molar-refractivity contribution >= 4 is 5.91 Å². The molecule has 0 atom stereocenters. The molecule has 7 heteroatoms. The molecule has 1 fully saturated rings. The van der Waals surface area contributed by atoms with Crippen molar-refractivity contribution in [3.05, 3.63) is 65.2 Å². The standard InChI is InChI=1S/C20H21F3N2O2/c1-15-4-2-3-5-18(15)19(26)25-12-10-24(11-13-25)14-16-6-8-17(9-7-16)27-20(21,22)23/h2-9H,10-14H2,1H3. The molecule has 0 aliphatic carbocycles. The zero-order valence-corrected chi connectivity index (χ0v) is 15.0. The van der Waals surface area contributed by atoms with Crippen molar-refractivity contribution in [3.63, 3.8) is 0 Å². The maximum absolute atomic E-state index is 12.6. The molecule has 0 saturated carbocycles. The van der Waals surface area contributed by atoms with Crippen LogP contribution >= 0.6 is 0 Å². The van der Waals surface area contributed by atoms with Crippen LogP contribution < -0.4 is 4.74 Å². The lowest BCUT2D eigenvalue weighted by atomic mass is 10.1. The number of halogens is 3. The fraction of sp³-hybridized carbons (Fsp3) is 0.350. The average molecular weight is 378 g/mol. The SMILES string of the molecule is Cc1ccccc1C(=O)N1CCN(Cc2ccc(OC(F)(F)F)cc2)CC1. The Morgan fingerprint density at radius 3 is 2.22 bits per heavy atom. The van der Waals surface area contributed by atoms with Gasteiger partial charge in [-0.2, -0.15) is 0 Å². The second kappa shape index (κ2) is 8.00. The summed E-state index contributed by atoms with van der Waals surface area (Å²) in [6.07, 6.45) is -4.68. The number of hydrogen-bond acceptors (Lipinski definition) is 3. The van der Waals surface area contributed by atoms with E-state index in [1.54, 1.807) is 12.1 Å². The molecule has 3 rings (SSSR count). The van der Waals surface area contributed by atoms with Crippen molar-refractivity contribution < 1.29 is 22.7 Å². The van der Waals surface area contributed by atoms with Crippen LogP contribution in [-0.4, -0.2) is 48.2 Å². The number of ether oxygens (including phenoxy) is 1. The zero-order chi connectivity index (χ0) is 19.4. The van der Waals surface area contributed by atoms with Crippen LogP contribution in [0.15, 0.2) is 48.5 Å². The van der Waals surface area contributed by atoms with E-state index in [1.165, 1.54) is 12.1 Å². The highest BCUT2D eigenvalue weighted by Gasteiger charge is 2.31. The number of piperazine rings is 1.